The van der Waals surface area contributed by atoms with Gasteiger partial charge in [-0.05, 0) is 43.5 Å². The number of rotatable bonds is 3. The normalized spacial score (nSPS) is 19.3. The van der Waals surface area contributed by atoms with Gasteiger partial charge in [-0.25, -0.2) is 0 Å². The van der Waals surface area contributed by atoms with E-state index < -0.39 is 0 Å². The average Bonchev–Trinajstić information content (AvgIpc) is 2.63. The van der Waals surface area contributed by atoms with Crippen LogP contribution in [-0.2, 0) is 4.79 Å². The van der Waals surface area contributed by atoms with Crippen LogP contribution in [0.2, 0.25) is 0 Å². The number of amides is 1. The van der Waals surface area contributed by atoms with E-state index in [9.17, 15) is 4.79 Å². The Kier molecular flexibility index (Phi) is 4.11. The van der Waals surface area contributed by atoms with Gasteiger partial charge < -0.3 is 10.2 Å². The molecule has 0 bridgehead atoms. The van der Waals surface area contributed by atoms with Crippen molar-refractivity contribution in [1.82, 2.24) is 10.2 Å². The summed E-state index contributed by atoms with van der Waals surface area (Å²) in [5, 5.41) is 3.42. The summed E-state index contributed by atoms with van der Waals surface area (Å²) in [7, 11) is 0. The van der Waals surface area contributed by atoms with Crippen molar-refractivity contribution in [2.45, 2.75) is 30.7 Å². The molecule has 2 heterocycles. The van der Waals surface area contributed by atoms with Crippen LogP contribution in [0.5, 0.6) is 0 Å². The van der Waals surface area contributed by atoms with Crippen molar-refractivity contribution in [2.75, 3.05) is 19.6 Å². The fourth-order valence-electron chi connectivity index (χ4n) is 4.22. The van der Waals surface area contributed by atoms with Crippen molar-refractivity contribution in [1.29, 1.82) is 0 Å². The zero-order valence-electron chi connectivity index (χ0n) is 13.9. The Morgan fingerprint density at radius 3 is 1.88 bits per heavy atom. The molecule has 3 nitrogen and oxygen atoms in total. The van der Waals surface area contributed by atoms with Crippen LogP contribution in [0.4, 0.5) is 0 Å². The minimum Gasteiger partial charge on any atom is -0.336 e. The van der Waals surface area contributed by atoms with Crippen LogP contribution in [0.15, 0.2) is 60.7 Å². The SMILES string of the molecule is O=C(C(c1ccccc1)c1ccccc1)N1CCC12CCNCC2. The van der Waals surface area contributed by atoms with E-state index in [0.717, 1.165) is 50.0 Å². The van der Waals surface area contributed by atoms with Crippen molar-refractivity contribution in [3.05, 3.63) is 71.8 Å². The lowest BCUT2D eigenvalue weighted by Crippen LogP contribution is -2.66. The van der Waals surface area contributed by atoms with Gasteiger partial charge in [0.25, 0.3) is 0 Å². The number of hydrogen-bond donors (Lipinski definition) is 1. The third kappa shape index (κ3) is 2.63. The summed E-state index contributed by atoms with van der Waals surface area (Å²) in [6.45, 7) is 2.94. The van der Waals surface area contributed by atoms with Crippen LogP contribution >= 0.6 is 0 Å². The summed E-state index contributed by atoms with van der Waals surface area (Å²) in [6.07, 6.45) is 3.31. The van der Waals surface area contributed by atoms with Gasteiger partial charge in [-0.3, -0.25) is 4.79 Å². The fraction of sp³-hybridized carbons (Fsp3) is 0.381. The zero-order valence-corrected chi connectivity index (χ0v) is 13.9. The topological polar surface area (TPSA) is 32.3 Å². The van der Waals surface area contributed by atoms with Crippen LogP contribution in [0.25, 0.3) is 0 Å². The number of benzene rings is 2. The lowest BCUT2D eigenvalue weighted by atomic mass is 9.75. The molecule has 1 N–H and O–H groups in total. The smallest absolute Gasteiger partial charge is 0.235 e. The van der Waals surface area contributed by atoms with Gasteiger partial charge in [0.15, 0.2) is 0 Å². The summed E-state index contributed by atoms with van der Waals surface area (Å²) in [5.41, 5.74) is 2.28. The van der Waals surface area contributed by atoms with Gasteiger partial charge in [0.05, 0.1) is 5.92 Å². The molecule has 4 rings (SSSR count). The summed E-state index contributed by atoms with van der Waals surface area (Å²) in [5.74, 6) is 0.0695. The molecule has 2 aromatic rings. The first-order chi connectivity index (χ1) is 11.8. The molecule has 2 fully saturated rings. The Hall–Kier alpha value is -2.13. The number of likely N-dealkylation sites (tertiary alicyclic amines) is 1. The number of piperidine rings is 1. The molecule has 1 spiro atoms. The fourth-order valence-corrected chi connectivity index (χ4v) is 4.22. The molecule has 2 saturated heterocycles. The van der Waals surface area contributed by atoms with Crippen LogP contribution in [0.1, 0.15) is 36.3 Å². The monoisotopic (exact) mass is 320 g/mol. The summed E-state index contributed by atoms with van der Waals surface area (Å²) in [6, 6.07) is 20.4. The first-order valence-corrected chi connectivity index (χ1v) is 8.92. The van der Waals surface area contributed by atoms with E-state index in [4.69, 9.17) is 0 Å². The lowest BCUT2D eigenvalue weighted by molar-refractivity contribution is -0.150. The first-order valence-electron chi connectivity index (χ1n) is 8.92. The molecule has 3 heteroatoms. The molecule has 0 unspecified atom stereocenters. The van der Waals surface area contributed by atoms with E-state index in [2.05, 4.69) is 34.5 Å². The Morgan fingerprint density at radius 1 is 0.875 bits per heavy atom. The average molecular weight is 320 g/mol. The first kappa shape index (κ1) is 15.4. The maximum absolute atomic E-state index is 13.5. The number of nitrogens with one attached hydrogen (secondary N) is 1. The molecule has 0 radical (unpaired) electrons. The van der Waals surface area contributed by atoms with E-state index in [1.54, 1.807) is 0 Å². The van der Waals surface area contributed by atoms with Gasteiger partial charge in [-0.1, -0.05) is 60.7 Å². The van der Waals surface area contributed by atoms with E-state index in [0.29, 0.717) is 0 Å². The lowest BCUT2D eigenvalue weighted by Gasteiger charge is -2.56. The van der Waals surface area contributed by atoms with Crippen LogP contribution in [-0.4, -0.2) is 36.0 Å². The van der Waals surface area contributed by atoms with Gasteiger partial charge in [-0.2, -0.15) is 0 Å². The highest BCUT2D eigenvalue weighted by Crippen LogP contribution is 2.41. The van der Waals surface area contributed by atoms with Crippen LogP contribution < -0.4 is 5.32 Å². The van der Waals surface area contributed by atoms with Gasteiger partial charge in [0.2, 0.25) is 5.91 Å². The maximum Gasteiger partial charge on any atom is 0.235 e. The van der Waals surface area contributed by atoms with Crippen molar-refractivity contribution in [2.24, 2.45) is 0 Å². The van der Waals surface area contributed by atoms with Gasteiger partial charge in [0, 0.05) is 12.1 Å². The third-order valence-electron chi connectivity index (χ3n) is 5.69. The van der Waals surface area contributed by atoms with E-state index in [-0.39, 0.29) is 17.4 Å². The van der Waals surface area contributed by atoms with Crippen molar-refractivity contribution in [3.63, 3.8) is 0 Å². The second-order valence-corrected chi connectivity index (χ2v) is 6.97. The number of hydrogen-bond acceptors (Lipinski definition) is 2. The molecular weight excluding hydrogens is 296 g/mol. The summed E-state index contributed by atoms with van der Waals surface area (Å²) >= 11 is 0. The summed E-state index contributed by atoms with van der Waals surface area (Å²) in [4.78, 5) is 15.7. The number of carbonyl (C=O) groups excluding carboxylic acids is 1. The molecule has 1 amide bonds. The molecular formula is C21H24N2O. The quantitative estimate of drug-likeness (QED) is 0.942. The van der Waals surface area contributed by atoms with E-state index in [1.807, 2.05) is 36.4 Å². The van der Waals surface area contributed by atoms with Crippen molar-refractivity contribution < 1.29 is 4.79 Å². The second-order valence-electron chi connectivity index (χ2n) is 6.97. The predicted octanol–water partition coefficient (Wildman–Crippen LogP) is 3.17. The maximum atomic E-state index is 13.5. The second kappa shape index (κ2) is 6.40. The minimum atomic E-state index is -0.195. The molecule has 124 valence electrons. The minimum absolute atomic E-state index is 0.101. The number of nitrogens with zero attached hydrogens (tertiary/aromatic N) is 1. The number of carbonyl (C=O) groups is 1. The van der Waals surface area contributed by atoms with Crippen LogP contribution in [0, 0.1) is 0 Å². The van der Waals surface area contributed by atoms with E-state index in [1.165, 1.54) is 0 Å². The Bertz CT molecular complexity index is 653. The van der Waals surface area contributed by atoms with Crippen molar-refractivity contribution >= 4 is 5.91 Å². The highest BCUT2D eigenvalue weighted by molar-refractivity contribution is 5.88. The van der Waals surface area contributed by atoms with Crippen molar-refractivity contribution in [3.8, 4) is 0 Å². The Labute approximate surface area is 143 Å². The summed E-state index contributed by atoms with van der Waals surface area (Å²) < 4.78 is 0. The molecule has 0 aliphatic carbocycles. The van der Waals surface area contributed by atoms with Gasteiger partial charge in [0.1, 0.15) is 0 Å². The molecule has 2 aliphatic rings. The highest BCUT2D eigenvalue weighted by atomic mass is 16.2. The molecule has 2 aromatic carbocycles. The molecule has 0 atom stereocenters. The van der Waals surface area contributed by atoms with Gasteiger partial charge >= 0.3 is 0 Å². The Balaban J connectivity index is 1.68. The Morgan fingerprint density at radius 2 is 1.42 bits per heavy atom. The molecule has 2 aliphatic heterocycles. The molecule has 0 saturated carbocycles. The standard InChI is InChI=1S/C21H24N2O/c24-20(23-16-13-21(23)11-14-22-15-12-21)19(17-7-3-1-4-8-17)18-9-5-2-6-10-18/h1-10,19,22H,11-16H2. The molecule has 24 heavy (non-hydrogen) atoms. The van der Waals surface area contributed by atoms with Crippen LogP contribution in [0.3, 0.4) is 0 Å². The largest absolute Gasteiger partial charge is 0.336 e. The molecule has 0 aromatic heterocycles. The zero-order chi connectivity index (χ0) is 16.4. The predicted molar refractivity (Wildman–Crippen MR) is 95.9 cm³/mol. The highest BCUT2D eigenvalue weighted by Gasteiger charge is 2.49. The third-order valence-corrected chi connectivity index (χ3v) is 5.69. The van der Waals surface area contributed by atoms with E-state index >= 15 is 0 Å². The van der Waals surface area contributed by atoms with Gasteiger partial charge in [-0.15, -0.1) is 0 Å².